The predicted molar refractivity (Wildman–Crippen MR) is 71.0 cm³/mol. The Labute approximate surface area is 114 Å². The fraction of sp³-hybridized carbons (Fsp3) is 0.0714. The summed E-state index contributed by atoms with van der Waals surface area (Å²) in [5.41, 5.74) is 1.13. The highest BCUT2D eigenvalue weighted by Crippen LogP contribution is 2.22. The molecule has 0 aromatic heterocycles. The molecule has 0 amide bonds. The van der Waals surface area contributed by atoms with E-state index in [0.29, 0.717) is 10.6 Å². The van der Waals surface area contributed by atoms with Crippen molar-refractivity contribution in [3.63, 3.8) is 0 Å². The van der Waals surface area contributed by atoms with Crippen LogP contribution in [0.15, 0.2) is 36.4 Å². The maximum atomic E-state index is 13.7. The molecule has 0 aliphatic heterocycles. The first-order chi connectivity index (χ1) is 8.49. The van der Waals surface area contributed by atoms with Gasteiger partial charge in [-0.15, -0.1) is 0 Å². The topological polar surface area (TPSA) is 17.1 Å². The van der Waals surface area contributed by atoms with E-state index in [4.69, 9.17) is 23.2 Å². The van der Waals surface area contributed by atoms with Gasteiger partial charge in [0, 0.05) is 15.6 Å². The van der Waals surface area contributed by atoms with Gasteiger partial charge in [-0.2, -0.15) is 0 Å². The first-order valence-electron chi connectivity index (χ1n) is 5.25. The highest BCUT2D eigenvalue weighted by atomic mass is 35.5. The molecule has 0 spiro atoms. The lowest BCUT2D eigenvalue weighted by Crippen LogP contribution is -2.06. The molecule has 0 bridgehead atoms. The van der Waals surface area contributed by atoms with E-state index in [9.17, 15) is 9.18 Å². The van der Waals surface area contributed by atoms with Crippen molar-refractivity contribution in [2.24, 2.45) is 0 Å². The average molecular weight is 283 g/mol. The van der Waals surface area contributed by atoms with Crippen molar-refractivity contribution >= 4 is 29.0 Å². The van der Waals surface area contributed by atoms with Crippen molar-refractivity contribution < 1.29 is 9.18 Å². The smallest absolute Gasteiger partial charge is 0.196 e. The molecule has 2 rings (SSSR count). The van der Waals surface area contributed by atoms with Crippen molar-refractivity contribution in [2.45, 2.75) is 6.92 Å². The Morgan fingerprint density at radius 2 is 1.61 bits per heavy atom. The molecule has 4 heteroatoms. The number of hydrogen-bond donors (Lipinski definition) is 0. The third-order valence-electron chi connectivity index (χ3n) is 2.62. The van der Waals surface area contributed by atoms with Crippen LogP contribution >= 0.6 is 23.2 Å². The van der Waals surface area contributed by atoms with E-state index in [2.05, 4.69) is 0 Å². The van der Waals surface area contributed by atoms with Crippen LogP contribution in [0.5, 0.6) is 0 Å². The molecule has 0 heterocycles. The molecule has 0 unspecified atom stereocenters. The van der Waals surface area contributed by atoms with Gasteiger partial charge in [0.2, 0.25) is 0 Å². The molecule has 0 aliphatic carbocycles. The average Bonchev–Trinajstić information content (AvgIpc) is 2.31. The second-order valence-electron chi connectivity index (χ2n) is 3.91. The summed E-state index contributed by atoms with van der Waals surface area (Å²) >= 11 is 11.5. The summed E-state index contributed by atoms with van der Waals surface area (Å²) in [6.45, 7) is 1.78. The van der Waals surface area contributed by atoms with E-state index >= 15 is 0 Å². The Balaban J connectivity index is 2.51. The molecule has 0 N–H and O–H groups in total. The van der Waals surface area contributed by atoms with Crippen molar-refractivity contribution in [3.8, 4) is 0 Å². The lowest BCUT2D eigenvalue weighted by atomic mass is 9.99. The quantitative estimate of drug-likeness (QED) is 0.732. The van der Waals surface area contributed by atoms with Crippen LogP contribution in [0.3, 0.4) is 0 Å². The SMILES string of the molecule is Cc1ccc(Cl)cc1C(=O)c1ccc(Cl)cc1F. The number of carbonyl (C=O) groups excluding carboxylic acids is 1. The maximum Gasteiger partial charge on any atom is 0.196 e. The van der Waals surface area contributed by atoms with Crippen LogP contribution < -0.4 is 0 Å². The van der Waals surface area contributed by atoms with Crippen molar-refractivity contribution in [3.05, 3.63) is 69.0 Å². The Bertz CT molecular complexity index is 623. The summed E-state index contributed by atoms with van der Waals surface area (Å²) < 4.78 is 13.7. The largest absolute Gasteiger partial charge is 0.288 e. The maximum absolute atomic E-state index is 13.7. The number of halogens is 3. The molecule has 0 saturated heterocycles. The second kappa shape index (κ2) is 5.09. The van der Waals surface area contributed by atoms with Gasteiger partial charge in [0.1, 0.15) is 5.82 Å². The van der Waals surface area contributed by atoms with Crippen LogP contribution in [0.25, 0.3) is 0 Å². The monoisotopic (exact) mass is 282 g/mol. The van der Waals surface area contributed by atoms with Gasteiger partial charge in [-0.05, 0) is 42.8 Å². The fourth-order valence-electron chi connectivity index (χ4n) is 1.66. The first kappa shape index (κ1) is 13.1. The first-order valence-corrected chi connectivity index (χ1v) is 6.00. The van der Waals surface area contributed by atoms with Gasteiger partial charge in [0.05, 0.1) is 5.56 Å². The predicted octanol–water partition coefficient (Wildman–Crippen LogP) is 4.67. The number of ketones is 1. The summed E-state index contributed by atoms with van der Waals surface area (Å²) in [5, 5.41) is 0.699. The molecule has 0 radical (unpaired) electrons. The Morgan fingerprint density at radius 3 is 2.28 bits per heavy atom. The number of hydrogen-bond acceptors (Lipinski definition) is 1. The zero-order chi connectivity index (χ0) is 13.3. The molecule has 92 valence electrons. The molecule has 0 saturated carbocycles. The van der Waals surface area contributed by atoms with E-state index in [0.717, 1.165) is 11.6 Å². The normalized spacial score (nSPS) is 10.4. The van der Waals surface area contributed by atoms with Crippen molar-refractivity contribution in [2.75, 3.05) is 0 Å². The van der Waals surface area contributed by atoms with Crippen LogP contribution in [-0.4, -0.2) is 5.78 Å². The van der Waals surface area contributed by atoms with Crippen molar-refractivity contribution in [1.29, 1.82) is 0 Å². The van der Waals surface area contributed by atoms with Gasteiger partial charge >= 0.3 is 0 Å². The van der Waals surface area contributed by atoms with E-state index in [1.54, 1.807) is 19.1 Å². The summed E-state index contributed by atoms with van der Waals surface area (Å²) in [6.07, 6.45) is 0. The zero-order valence-corrected chi connectivity index (χ0v) is 11.0. The summed E-state index contributed by atoms with van der Waals surface area (Å²) in [4.78, 5) is 12.2. The molecule has 1 nitrogen and oxygen atoms in total. The molecule has 2 aromatic carbocycles. The Morgan fingerprint density at radius 1 is 1.00 bits per heavy atom. The lowest BCUT2D eigenvalue weighted by Gasteiger charge is -2.06. The van der Waals surface area contributed by atoms with Gasteiger partial charge in [-0.1, -0.05) is 29.3 Å². The minimum Gasteiger partial charge on any atom is -0.288 e. The Hall–Kier alpha value is -1.38. The standard InChI is InChI=1S/C14H9Cl2FO/c1-8-2-3-9(15)6-12(8)14(18)11-5-4-10(16)7-13(11)17/h2-7H,1H3. The minimum atomic E-state index is -0.633. The molecule has 0 fully saturated rings. The second-order valence-corrected chi connectivity index (χ2v) is 4.79. The Kier molecular flexibility index (Phi) is 3.69. The number of benzene rings is 2. The molecule has 0 aliphatic rings. The van der Waals surface area contributed by atoms with Gasteiger partial charge in [-0.3, -0.25) is 4.79 Å². The summed E-state index contributed by atoms with van der Waals surface area (Å²) in [5.74, 6) is -1.03. The molecule has 0 atom stereocenters. The van der Waals surface area contributed by atoms with E-state index in [1.165, 1.54) is 18.2 Å². The summed E-state index contributed by atoms with van der Waals surface area (Å²) in [6, 6.07) is 8.93. The van der Waals surface area contributed by atoms with Gasteiger partial charge in [-0.25, -0.2) is 4.39 Å². The fourth-order valence-corrected chi connectivity index (χ4v) is 1.99. The number of aryl methyl sites for hydroxylation is 1. The third-order valence-corrected chi connectivity index (χ3v) is 3.09. The summed E-state index contributed by atoms with van der Waals surface area (Å²) in [7, 11) is 0. The number of carbonyl (C=O) groups is 1. The highest BCUT2D eigenvalue weighted by Gasteiger charge is 2.16. The van der Waals surface area contributed by atoms with Gasteiger partial charge in [0.25, 0.3) is 0 Å². The van der Waals surface area contributed by atoms with Crippen LogP contribution in [0, 0.1) is 12.7 Å². The van der Waals surface area contributed by atoms with E-state index < -0.39 is 11.6 Å². The van der Waals surface area contributed by atoms with E-state index in [-0.39, 0.29) is 10.6 Å². The van der Waals surface area contributed by atoms with Gasteiger partial charge in [0.15, 0.2) is 5.78 Å². The van der Waals surface area contributed by atoms with Crippen LogP contribution in [-0.2, 0) is 0 Å². The number of rotatable bonds is 2. The van der Waals surface area contributed by atoms with Crippen LogP contribution in [0.2, 0.25) is 10.0 Å². The van der Waals surface area contributed by atoms with Crippen LogP contribution in [0.4, 0.5) is 4.39 Å². The van der Waals surface area contributed by atoms with Gasteiger partial charge < -0.3 is 0 Å². The molecular weight excluding hydrogens is 274 g/mol. The lowest BCUT2D eigenvalue weighted by molar-refractivity contribution is 0.103. The zero-order valence-electron chi connectivity index (χ0n) is 9.51. The molecule has 18 heavy (non-hydrogen) atoms. The highest BCUT2D eigenvalue weighted by molar-refractivity contribution is 6.31. The molecular formula is C14H9Cl2FO. The molecule has 2 aromatic rings. The van der Waals surface area contributed by atoms with Crippen molar-refractivity contribution in [1.82, 2.24) is 0 Å². The minimum absolute atomic E-state index is 0.00948. The van der Waals surface area contributed by atoms with E-state index in [1.807, 2.05) is 0 Å². The third kappa shape index (κ3) is 2.55. The van der Waals surface area contributed by atoms with Crippen LogP contribution in [0.1, 0.15) is 21.5 Å².